The summed E-state index contributed by atoms with van der Waals surface area (Å²) in [6, 6.07) is 5.40. The maximum absolute atomic E-state index is 9.72. The number of rotatable bonds is 4. The molecule has 0 fully saturated rings. The minimum Gasteiger partial charge on any atom is -0.392 e. The Kier molecular flexibility index (Phi) is 4.19. The fraction of sp³-hybridized carbons (Fsp3) is 0.500. The highest BCUT2D eigenvalue weighted by molar-refractivity contribution is 6.33. The molecule has 1 rings (SSSR count). The Bertz CT molecular complexity index is 361. The molecule has 0 spiro atoms. The van der Waals surface area contributed by atoms with Gasteiger partial charge in [-0.3, -0.25) is 0 Å². The normalized spacial score (nSPS) is 11.6. The number of aliphatic hydroxyl groups is 2. The van der Waals surface area contributed by atoms with Crippen LogP contribution in [0.4, 0.5) is 5.69 Å². The van der Waals surface area contributed by atoms with E-state index in [2.05, 4.69) is 0 Å². The van der Waals surface area contributed by atoms with Crippen LogP contribution in [0.5, 0.6) is 0 Å². The molecule has 0 atom stereocenters. The first-order valence-corrected chi connectivity index (χ1v) is 5.54. The van der Waals surface area contributed by atoms with Crippen LogP contribution in [0.3, 0.4) is 0 Å². The van der Waals surface area contributed by atoms with Crippen LogP contribution < -0.4 is 4.90 Å². The van der Waals surface area contributed by atoms with Crippen LogP contribution in [0.1, 0.15) is 19.4 Å². The van der Waals surface area contributed by atoms with E-state index in [1.807, 2.05) is 24.1 Å². The first-order valence-electron chi connectivity index (χ1n) is 5.16. The number of likely N-dealkylation sites (N-methyl/N-ethyl adjacent to an activating group) is 1. The summed E-state index contributed by atoms with van der Waals surface area (Å²) in [7, 11) is 1.87. The molecule has 1 aromatic carbocycles. The van der Waals surface area contributed by atoms with Crippen molar-refractivity contribution in [2.75, 3.05) is 18.5 Å². The van der Waals surface area contributed by atoms with Crippen LogP contribution in [0.25, 0.3) is 0 Å². The molecule has 4 heteroatoms. The Morgan fingerprint density at radius 3 is 2.44 bits per heavy atom. The molecular weight excluding hydrogens is 226 g/mol. The first-order chi connectivity index (χ1) is 7.33. The van der Waals surface area contributed by atoms with E-state index in [0.29, 0.717) is 11.6 Å². The highest BCUT2D eigenvalue weighted by atomic mass is 35.5. The third kappa shape index (κ3) is 3.67. The molecule has 90 valence electrons. The Hall–Kier alpha value is -0.770. The van der Waals surface area contributed by atoms with Gasteiger partial charge in [-0.15, -0.1) is 0 Å². The van der Waals surface area contributed by atoms with Crippen molar-refractivity contribution in [2.45, 2.75) is 26.1 Å². The second-order valence-electron chi connectivity index (χ2n) is 4.61. The molecule has 16 heavy (non-hydrogen) atoms. The number of anilines is 1. The van der Waals surface area contributed by atoms with E-state index in [4.69, 9.17) is 16.7 Å². The topological polar surface area (TPSA) is 43.7 Å². The van der Waals surface area contributed by atoms with Crippen molar-refractivity contribution in [3.05, 3.63) is 28.8 Å². The van der Waals surface area contributed by atoms with Crippen molar-refractivity contribution < 1.29 is 10.2 Å². The number of hydrogen-bond acceptors (Lipinski definition) is 3. The Labute approximate surface area is 101 Å². The van der Waals surface area contributed by atoms with Crippen molar-refractivity contribution >= 4 is 17.3 Å². The molecule has 0 unspecified atom stereocenters. The van der Waals surface area contributed by atoms with Crippen molar-refractivity contribution in [3.63, 3.8) is 0 Å². The van der Waals surface area contributed by atoms with Gasteiger partial charge in [0.05, 0.1) is 22.9 Å². The molecule has 0 aromatic heterocycles. The molecule has 0 heterocycles. The highest BCUT2D eigenvalue weighted by Gasteiger charge is 2.17. The van der Waals surface area contributed by atoms with Crippen molar-refractivity contribution in [1.29, 1.82) is 0 Å². The molecule has 0 aliphatic carbocycles. The molecule has 0 saturated heterocycles. The molecule has 0 radical (unpaired) electrons. The molecule has 0 saturated carbocycles. The summed E-state index contributed by atoms with van der Waals surface area (Å²) in [5.41, 5.74) is 0.861. The molecule has 0 aliphatic heterocycles. The summed E-state index contributed by atoms with van der Waals surface area (Å²) in [5.74, 6) is 0. The van der Waals surface area contributed by atoms with Crippen LogP contribution in [-0.4, -0.2) is 29.4 Å². The summed E-state index contributed by atoms with van der Waals surface area (Å²) in [4.78, 5) is 1.89. The SMILES string of the molecule is CN(CC(C)(C)O)c1ccc(CO)cc1Cl. The van der Waals surface area contributed by atoms with Crippen LogP contribution in [-0.2, 0) is 6.61 Å². The molecule has 0 bridgehead atoms. The zero-order chi connectivity index (χ0) is 12.3. The van der Waals surface area contributed by atoms with Crippen molar-refractivity contribution in [3.8, 4) is 0 Å². The predicted octanol–water partition coefficient (Wildman–Crippen LogP) is 2.04. The number of hydrogen-bond donors (Lipinski definition) is 2. The summed E-state index contributed by atoms with van der Waals surface area (Å²) in [6.07, 6.45) is 0. The second-order valence-corrected chi connectivity index (χ2v) is 5.02. The fourth-order valence-corrected chi connectivity index (χ4v) is 1.97. The monoisotopic (exact) mass is 243 g/mol. The second kappa shape index (κ2) is 5.04. The van der Waals surface area contributed by atoms with Gasteiger partial charge in [-0.05, 0) is 31.5 Å². The third-order valence-corrected chi connectivity index (χ3v) is 2.53. The summed E-state index contributed by atoms with van der Waals surface area (Å²) >= 11 is 6.10. The lowest BCUT2D eigenvalue weighted by Crippen LogP contribution is -2.36. The highest BCUT2D eigenvalue weighted by Crippen LogP contribution is 2.27. The number of benzene rings is 1. The molecular formula is C12H18ClNO2. The molecule has 0 amide bonds. The Balaban J connectivity index is 2.88. The van der Waals surface area contributed by atoms with E-state index in [-0.39, 0.29) is 6.61 Å². The predicted molar refractivity (Wildman–Crippen MR) is 66.9 cm³/mol. The maximum Gasteiger partial charge on any atom is 0.0765 e. The standard InChI is InChI=1S/C12H18ClNO2/c1-12(2,16)8-14(3)11-5-4-9(7-15)6-10(11)13/h4-6,15-16H,7-8H2,1-3H3. The van der Waals surface area contributed by atoms with Gasteiger partial charge in [0, 0.05) is 13.6 Å². The van der Waals surface area contributed by atoms with Gasteiger partial charge >= 0.3 is 0 Å². The summed E-state index contributed by atoms with van der Waals surface area (Å²) in [5, 5.41) is 19.3. The lowest BCUT2D eigenvalue weighted by molar-refractivity contribution is 0.0886. The zero-order valence-electron chi connectivity index (χ0n) is 9.87. The van der Waals surface area contributed by atoms with E-state index in [9.17, 15) is 5.11 Å². The Morgan fingerprint density at radius 2 is 2.00 bits per heavy atom. The van der Waals surface area contributed by atoms with Gasteiger partial charge in [-0.2, -0.15) is 0 Å². The maximum atomic E-state index is 9.72. The number of aliphatic hydroxyl groups excluding tert-OH is 1. The zero-order valence-corrected chi connectivity index (χ0v) is 10.6. The van der Waals surface area contributed by atoms with Gasteiger partial charge in [0.25, 0.3) is 0 Å². The van der Waals surface area contributed by atoms with E-state index in [0.717, 1.165) is 11.3 Å². The van der Waals surface area contributed by atoms with Crippen molar-refractivity contribution in [2.24, 2.45) is 0 Å². The molecule has 3 nitrogen and oxygen atoms in total. The van der Waals surface area contributed by atoms with Crippen LogP contribution in [0.2, 0.25) is 5.02 Å². The van der Waals surface area contributed by atoms with Gasteiger partial charge in [0.2, 0.25) is 0 Å². The van der Waals surface area contributed by atoms with E-state index < -0.39 is 5.60 Å². The van der Waals surface area contributed by atoms with E-state index in [1.165, 1.54) is 0 Å². The third-order valence-electron chi connectivity index (χ3n) is 2.23. The first kappa shape index (κ1) is 13.3. The van der Waals surface area contributed by atoms with Crippen LogP contribution in [0, 0.1) is 0 Å². The summed E-state index contributed by atoms with van der Waals surface area (Å²) in [6.45, 7) is 3.97. The molecule has 0 aliphatic rings. The van der Waals surface area contributed by atoms with Gasteiger partial charge in [0.1, 0.15) is 0 Å². The summed E-state index contributed by atoms with van der Waals surface area (Å²) < 4.78 is 0. The minimum absolute atomic E-state index is 0.0186. The largest absolute Gasteiger partial charge is 0.392 e. The van der Waals surface area contributed by atoms with Gasteiger partial charge in [-0.1, -0.05) is 17.7 Å². The van der Waals surface area contributed by atoms with Crippen molar-refractivity contribution in [1.82, 2.24) is 0 Å². The number of nitrogens with zero attached hydrogens (tertiary/aromatic N) is 1. The fourth-order valence-electron chi connectivity index (χ4n) is 1.62. The minimum atomic E-state index is -0.770. The van der Waals surface area contributed by atoms with Crippen LogP contribution in [0.15, 0.2) is 18.2 Å². The number of halogens is 1. The van der Waals surface area contributed by atoms with E-state index >= 15 is 0 Å². The van der Waals surface area contributed by atoms with Gasteiger partial charge in [0.15, 0.2) is 0 Å². The van der Waals surface area contributed by atoms with Gasteiger partial charge in [-0.25, -0.2) is 0 Å². The molecule has 2 N–H and O–H groups in total. The van der Waals surface area contributed by atoms with Crippen LogP contribution >= 0.6 is 11.6 Å². The van der Waals surface area contributed by atoms with E-state index in [1.54, 1.807) is 19.9 Å². The molecule has 1 aromatic rings. The average molecular weight is 244 g/mol. The smallest absolute Gasteiger partial charge is 0.0765 e. The quantitative estimate of drug-likeness (QED) is 0.851. The van der Waals surface area contributed by atoms with Gasteiger partial charge < -0.3 is 15.1 Å². The Morgan fingerprint density at radius 1 is 1.38 bits per heavy atom. The average Bonchev–Trinajstić information content (AvgIpc) is 2.14. The lowest BCUT2D eigenvalue weighted by Gasteiger charge is -2.28. The lowest BCUT2D eigenvalue weighted by atomic mass is 10.1.